The van der Waals surface area contributed by atoms with E-state index in [0.29, 0.717) is 31.6 Å². The molecule has 2 amide bonds. The van der Waals surface area contributed by atoms with Crippen LogP contribution in [0.2, 0.25) is 0 Å². The van der Waals surface area contributed by atoms with Gasteiger partial charge in [-0.3, -0.25) is 4.79 Å². The highest BCUT2D eigenvalue weighted by atomic mass is 19.1. The first-order valence-corrected chi connectivity index (χ1v) is 11.5. The number of ether oxygens (including phenoxy) is 1. The molecule has 7 nitrogen and oxygen atoms in total. The first kappa shape index (κ1) is 24.4. The van der Waals surface area contributed by atoms with Crippen LogP contribution < -0.4 is 5.32 Å². The van der Waals surface area contributed by atoms with Crippen LogP contribution in [0.15, 0.2) is 54.7 Å². The summed E-state index contributed by atoms with van der Waals surface area (Å²) in [7, 11) is 0. The Balaban J connectivity index is 1.61. The van der Waals surface area contributed by atoms with Gasteiger partial charge in [0.25, 0.3) is 5.91 Å². The third-order valence-corrected chi connectivity index (χ3v) is 5.76. The Morgan fingerprint density at radius 3 is 2.40 bits per heavy atom. The Kier molecular flexibility index (Phi) is 6.86. The van der Waals surface area contributed by atoms with Crippen LogP contribution in [-0.4, -0.2) is 45.4 Å². The maximum atomic E-state index is 14.2. The summed E-state index contributed by atoms with van der Waals surface area (Å²) >= 11 is 0. The van der Waals surface area contributed by atoms with E-state index in [1.807, 2.05) is 51.1 Å². The zero-order valence-corrected chi connectivity index (χ0v) is 19.9. The van der Waals surface area contributed by atoms with Crippen molar-refractivity contribution in [2.75, 3.05) is 18.4 Å². The van der Waals surface area contributed by atoms with Crippen molar-refractivity contribution in [2.45, 2.75) is 45.1 Å². The minimum Gasteiger partial charge on any atom is -0.444 e. The third-order valence-electron chi connectivity index (χ3n) is 5.76. The number of hydrogen-bond donors (Lipinski definition) is 1. The Bertz CT molecular complexity index is 1210. The number of carbonyl (C=O) groups excluding carboxylic acids is 2. The molecular formula is C26H28F2N4O3. The molecule has 0 saturated carbocycles. The summed E-state index contributed by atoms with van der Waals surface area (Å²) < 4.78 is 35.0. The van der Waals surface area contributed by atoms with Crippen molar-refractivity contribution < 1.29 is 23.1 Å². The van der Waals surface area contributed by atoms with E-state index in [0.717, 1.165) is 23.9 Å². The number of piperidine rings is 1. The highest BCUT2D eigenvalue weighted by Crippen LogP contribution is 2.33. The average Bonchev–Trinajstić information content (AvgIpc) is 3.26. The summed E-state index contributed by atoms with van der Waals surface area (Å²) in [6, 6.07) is 12.3. The number of anilines is 1. The number of amides is 2. The number of para-hydroxylation sites is 1. The van der Waals surface area contributed by atoms with Gasteiger partial charge in [-0.1, -0.05) is 18.2 Å². The fourth-order valence-corrected chi connectivity index (χ4v) is 4.15. The molecule has 1 aliphatic heterocycles. The van der Waals surface area contributed by atoms with Gasteiger partial charge >= 0.3 is 6.09 Å². The molecule has 3 aromatic rings. The largest absolute Gasteiger partial charge is 0.444 e. The van der Waals surface area contributed by atoms with Gasteiger partial charge in [0, 0.05) is 25.1 Å². The predicted octanol–water partition coefficient (Wildman–Crippen LogP) is 5.52. The maximum absolute atomic E-state index is 14.2. The SMILES string of the molecule is CC(C)(C)OC(=O)N1CCC(c2c(C(=O)Nc3cc(F)ccc3F)cnn2-c2ccccc2)CC1. The third kappa shape index (κ3) is 5.67. The lowest BCUT2D eigenvalue weighted by Gasteiger charge is -2.34. The first-order chi connectivity index (χ1) is 16.6. The monoisotopic (exact) mass is 482 g/mol. The number of likely N-dealkylation sites (tertiary alicyclic amines) is 1. The van der Waals surface area contributed by atoms with Crippen LogP contribution in [0, 0.1) is 11.6 Å². The molecular weight excluding hydrogens is 454 g/mol. The van der Waals surface area contributed by atoms with Gasteiger partial charge in [-0.2, -0.15) is 5.10 Å². The molecule has 0 unspecified atom stereocenters. The number of rotatable bonds is 4. The number of hydrogen-bond acceptors (Lipinski definition) is 4. The minimum atomic E-state index is -0.734. The van der Waals surface area contributed by atoms with Crippen molar-refractivity contribution in [3.05, 3.63) is 77.6 Å². The summed E-state index contributed by atoms with van der Waals surface area (Å²) in [5.74, 6) is -2.06. The quantitative estimate of drug-likeness (QED) is 0.532. The van der Waals surface area contributed by atoms with Crippen molar-refractivity contribution in [1.82, 2.24) is 14.7 Å². The fraction of sp³-hybridized carbons (Fsp3) is 0.346. The van der Waals surface area contributed by atoms with E-state index in [-0.39, 0.29) is 23.3 Å². The number of carbonyl (C=O) groups is 2. The number of halogens is 2. The first-order valence-electron chi connectivity index (χ1n) is 11.5. The number of benzene rings is 2. The molecule has 2 heterocycles. The molecule has 4 rings (SSSR count). The molecule has 1 fully saturated rings. The molecule has 184 valence electrons. The fourth-order valence-electron chi connectivity index (χ4n) is 4.15. The van der Waals surface area contributed by atoms with E-state index in [2.05, 4.69) is 10.4 Å². The summed E-state index contributed by atoms with van der Waals surface area (Å²) in [5, 5.41) is 6.92. The van der Waals surface area contributed by atoms with E-state index in [4.69, 9.17) is 4.74 Å². The molecule has 1 saturated heterocycles. The highest BCUT2D eigenvalue weighted by Gasteiger charge is 2.32. The second kappa shape index (κ2) is 9.85. The Labute approximate surface area is 202 Å². The summed E-state index contributed by atoms with van der Waals surface area (Å²) in [6.07, 6.45) is 2.25. The van der Waals surface area contributed by atoms with E-state index < -0.39 is 23.1 Å². The highest BCUT2D eigenvalue weighted by molar-refractivity contribution is 6.05. The van der Waals surface area contributed by atoms with Crippen LogP contribution in [-0.2, 0) is 4.74 Å². The Morgan fingerprint density at radius 2 is 1.74 bits per heavy atom. The van der Waals surface area contributed by atoms with Crippen molar-refractivity contribution in [2.24, 2.45) is 0 Å². The van der Waals surface area contributed by atoms with E-state index in [9.17, 15) is 18.4 Å². The van der Waals surface area contributed by atoms with E-state index in [1.165, 1.54) is 6.20 Å². The second-order valence-corrected chi connectivity index (χ2v) is 9.51. The van der Waals surface area contributed by atoms with Gasteiger partial charge < -0.3 is 15.0 Å². The van der Waals surface area contributed by atoms with Gasteiger partial charge in [-0.05, 0) is 57.9 Å². The molecule has 0 bridgehead atoms. The van der Waals surface area contributed by atoms with Gasteiger partial charge in [-0.25, -0.2) is 18.3 Å². The zero-order valence-electron chi connectivity index (χ0n) is 19.9. The zero-order chi connectivity index (χ0) is 25.2. The van der Waals surface area contributed by atoms with Crippen molar-refractivity contribution in [3.63, 3.8) is 0 Å². The van der Waals surface area contributed by atoms with Crippen LogP contribution in [0.25, 0.3) is 5.69 Å². The second-order valence-electron chi connectivity index (χ2n) is 9.51. The van der Waals surface area contributed by atoms with Crippen LogP contribution >= 0.6 is 0 Å². The summed E-state index contributed by atoms with van der Waals surface area (Å²) in [6.45, 7) is 6.38. The summed E-state index contributed by atoms with van der Waals surface area (Å²) in [4.78, 5) is 27.3. The smallest absolute Gasteiger partial charge is 0.410 e. The topological polar surface area (TPSA) is 76.5 Å². The minimum absolute atomic E-state index is 0.0884. The lowest BCUT2D eigenvalue weighted by atomic mass is 9.90. The van der Waals surface area contributed by atoms with Crippen LogP contribution in [0.3, 0.4) is 0 Å². The average molecular weight is 483 g/mol. The number of aromatic nitrogens is 2. The van der Waals surface area contributed by atoms with Gasteiger partial charge in [0.2, 0.25) is 0 Å². The number of nitrogens with zero attached hydrogens (tertiary/aromatic N) is 3. The maximum Gasteiger partial charge on any atom is 0.410 e. The molecule has 1 aliphatic rings. The lowest BCUT2D eigenvalue weighted by Crippen LogP contribution is -2.41. The molecule has 1 aromatic heterocycles. The van der Waals surface area contributed by atoms with E-state index >= 15 is 0 Å². The molecule has 0 aliphatic carbocycles. The summed E-state index contributed by atoms with van der Waals surface area (Å²) in [5.41, 5.74) is 0.876. The molecule has 0 atom stereocenters. The Hall–Kier alpha value is -3.75. The molecule has 1 N–H and O–H groups in total. The molecule has 35 heavy (non-hydrogen) atoms. The molecule has 0 radical (unpaired) electrons. The van der Waals surface area contributed by atoms with E-state index in [1.54, 1.807) is 9.58 Å². The predicted molar refractivity (Wildman–Crippen MR) is 128 cm³/mol. The molecule has 2 aromatic carbocycles. The lowest BCUT2D eigenvalue weighted by molar-refractivity contribution is 0.0203. The van der Waals surface area contributed by atoms with Crippen molar-refractivity contribution >= 4 is 17.7 Å². The van der Waals surface area contributed by atoms with Gasteiger partial charge in [0.1, 0.15) is 17.2 Å². The van der Waals surface area contributed by atoms with Crippen molar-refractivity contribution in [1.29, 1.82) is 0 Å². The van der Waals surface area contributed by atoms with Gasteiger partial charge in [-0.15, -0.1) is 0 Å². The standard InChI is InChI=1S/C26H28F2N4O3/c1-26(2,3)35-25(34)31-13-11-17(12-14-31)23-20(16-29-32(23)19-7-5-4-6-8-19)24(33)30-22-15-18(27)9-10-21(22)28/h4-10,15-17H,11-14H2,1-3H3,(H,30,33). The van der Waals surface area contributed by atoms with Crippen LogP contribution in [0.4, 0.5) is 19.3 Å². The van der Waals surface area contributed by atoms with Gasteiger partial charge in [0.15, 0.2) is 0 Å². The normalized spacial score (nSPS) is 14.6. The van der Waals surface area contributed by atoms with Gasteiger partial charge in [0.05, 0.1) is 28.8 Å². The number of nitrogens with one attached hydrogen (secondary N) is 1. The van der Waals surface area contributed by atoms with Crippen LogP contribution in [0.1, 0.15) is 55.6 Å². The molecule has 9 heteroatoms. The Morgan fingerprint density at radius 1 is 1.06 bits per heavy atom. The van der Waals surface area contributed by atoms with Crippen LogP contribution in [0.5, 0.6) is 0 Å². The molecule has 0 spiro atoms. The van der Waals surface area contributed by atoms with Crippen molar-refractivity contribution in [3.8, 4) is 5.69 Å².